The molecule has 0 saturated heterocycles. The van der Waals surface area contributed by atoms with Gasteiger partial charge in [-0.3, -0.25) is 0 Å². The van der Waals surface area contributed by atoms with Crippen molar-refractivity contribution >= 4 is 0 Å². The SMILES string of the molecule is C=C/C=C\C(=C)C(=C)/C=C\C=C. The topological polar surface area (TPSA) is 0 Å². The molecular weight excluding hydrogens is 144 g/mol. The Kier molecular flexibility index (Phi) is 5.37. The maximum Gasteiger partial charge on any atom is -0.0262 e. The van der Waals surface area contributed by atoms with E-state index in [1.54, 1.807) is 12.2 Å². The Morgan fingerprint density at radius 3 is 1.33 bits per heavy atom. The van der Waals surface area contributed by atoms with Crippen molar-refractivity contribution in [1.29, 1.82) is 0 Å². The molecule has 0 rings (SSSR count). The first-order valence-corrected chi connectivity index (χ1v) is 3.68. The summed E-state index contributed by atoms with van der Waals surface area (Å²) in [4.78, 5) is 0. The van der Waals surface area contributed by atoms with Crippen LogP contribution in [0.2, 0.25) is 0 Å². The quantitative estimate of drug-likeness (QED) is 0.536. The van der Waals surface area contributed by atoms with Gasteiger partial charge in [-0.15, -0.1) is 0 Å². The summed E-state index contributed by atoms with van der Waals surface area (Å²) in [5.74, 6) is 0. The molecule has 0 atom stereocenters. The second-order valence-corrected chi connectivity index (χ2v) is 2.24. The molecular formula is C12H14. The van der Waals surface area contributed by atoms with E-state index in [0.717, 1.165) is 11.1 Å². The van der Waals surface area contributed by atoms with Crippen molar-refractivity contribution in [2.45, 2.75) is 0 Å². The van der Waals surface area contributed by atoms with Crippen LogP contribution in [0.25, 0.3) is 0 Å². The predicted octanol–water partition coefficient (Wildman–Crippen LogP) is 3.58. The van der Waals surface area contributed by atoms with Gasteiger partial charge in [0.2, 0.25) is 0 Å². The minimum Gasteiger partial charge on any atom is -0.0991 e. The summed E-state index contributed by atoms with van der Waals surface area (Å²) in [5, 5.41) is 0. The Morgan fingerprint density at radius 1 is 0.750 bits per heavy atom. The smallest absolute Gasteiger partial charge is 0.0262 e. The first kappa shape index (κ1) is 10.4. The monoisotopic (exact) mass is 158 g/mol. The van der Waals surface area contributed by atoms with Crippen LogP contribution in [-0.4, -0.2) is 0 Å². The number of hydrogen-bond donors (Lipinski definition) is 0. The lowest BCUT2D eigenvalue weighted by Crippen LogP contribution is -1.76. The van der Waals surface area contributed by atoms with Crippen molar-refractivity contribution in [3.8, 4) is 0 Å². The van der Waals surface area contributed by atoms with Gasteiger partial charge >= 0.3 is 0 Å². The van der Waals surface area contributed by atoms with Crippen LogP contribution < -0.4 is 0 Å². The highest BCUT2D eigenvalue weighted by atomic mass is 13.9. The second kappa shape index (κ2) is 6.17. The molecule has 0 N–H and O–H groups in total. The number of allylic oxidation sites excluding steroid dienone is 8. The third kappa shape index (κ3) is 4.29. The number of hydrogen-bond acceptors (Lipinski definition) is 0. The molecule has 0 heteroatoms. The Balaban J connectivity index is 4.20. The molecule has 0 unspecified atom stereocenters. The molecule has 12 heavy (non-hydrogen) atoms. The molecule has 0 aromatic carbocycles. The molecule has 0 aromatic rings. The van der Waals surface area contributed by atoms with Crippen LogP contribution in [0.1, 0.15) is 0 Å². The fourth-order valence-electron chi connectivity index (χ4n) is 0.582. The van der Waals surface area contributed by atoms with Crippen LogP contribution in [0, 0.1) is 0 Å². The minimum absolute atomic E-state index is 0.882. The van der Waals surface area contributed by atoms with Crippen LogP contribution in [0.4, 0.5) is 0 Å². The molecule has 0 saturated carbocycles. The standard InChI is InChI=1S/C12H14/c1-5-7-9-11(3)12(4)10-8-6-2/h5-10H,1-4H2/b9-7-,10-8-. The second-order valence-electron chi connectivity index (χ2n) is 2.24. The van der Waals surface area contributed by atoms with Gasteiger partial charge in [0.25, 0.3) is 0 Å². The lowest BCUT2D eigenvalue weighted by molar-refractivity contribution is 1.60. The third-order valence-electron chi connectivity index (χ3n) is 1.28. The van der Waals surface area contributed by atoms with Gasteiger partial charge in [-0.1, -0.05) is 62.8 Å². The summed E-state index contributed by atoms with van der Waals surface area (Å²) in [7, 11) is 0. The molecule has 0 aliphatic carbocycles. The molecule has 0 nitrogen and oxygen atoms in total. The Bertz CT molecular complexity index is 221. The van der Waals surface area contributed by atoms with E-state index < -0.39 is 0 Å². The Morgan fingerprint density at radius 2 is 1.08 bits per heavy atom. The molecule has 0 amide bonds. The maximum absolute atomic E-state index is 3.83. The van der Waals surface area contributed by atoms with Gasteiger partial charge < -0.3 is 0 Å². The van der Waals surface area contributed by atoms with Crippen LogP contribution in [0.3, 0.4) is 0 Å². The van der Waals surface area contributed by atoms with Crippen molar-refractivity contribution in [1.82, 2.24) is 0 Å². The number of rotatable bonds is 5. The van der Waals surface area contributed by atoms with Crippen molar-refractivity contribution in [2.75, 3.05) is 0 Å². The lowest BCUT2D eigenvalue weighted by atomic mass is 10.1. The summed E-state index contributed by atoms with van der Waals surface area (Å²) in [6, 6.07) is 0. The van der Waals surface area contributed by atoms with Crippen LogP contribution in [-0.2, 0) is 0 Å². The van der Waals surface area contributed by atoms with E-state index in [-0.39, 0.29) is 0 Å². The first-order chi connectivity index (χ1) is 5.72. The van der Waals surface area contributed by atoms with Gasteiger partial charge in [0.05, 0.1) is 0 Å². The molecule has 0 bridgehead atoms. The van der Waals surface area contributed by atoms with E-state index in [1.807, 2.05) is 24.3 Å². The summed E-state index contributed by atoms with van der Waals surface area (Å²) < 4.78 is 0. The summed E-state index contributed by atoms with van der Waals surface area (Å²) >= 11 is 0. The van der Waals surface area contributed by atoms with E-state index >= 15 is 0 Å². The van der Waals surface area contributed by atoms with Crippen LogP contribution in [0.5, 0.6) is 0 Å². The van der Waals surface area contributed by atoms with Gasteiger partial charge in [-0.05, 0) is 11.1 Å². The molecule has 0 aromatic heterocycles. The molecule has 0 radical (unpaired) electrons. The summed E-state index contributed by atoms with van der Waals surface area (Å²) in [6.07, 6.45) is 10.8. The first-order valence-electron chi connectivity index (χ1n) is 3.68. The summed E-state index contributed by atoms with van der Waals surface area (Å²) in [6.45, 7) is 14.8. The lowest BCUT2D eigenvalue weighted by Gasteiger charge is -1.96. The van der Waals surface area contributed by atoms with E-state index in [2.05, 4.69) is 26.3 Å². The molecule has 0 aliphatic rings. The van der Waals surface area contributed by atoms with E-state index in [0.29, 0.717) is 0 Å². The fraction of sp³-hybridized carbons (Fsp3) is 0. The van der Waals surface area contributed by atoms with Crippen molar-refractivity contribution in [3.05, 3.63) is 73.9 Å². The zero-order valence-corrected chi connectivity index (χ0v) is 7.29. The minimum atomic E-state index is 0.882. The van der Waals surface area contributed by atoms with Gasteiger partial charge in [0.15, 0.2) is 0 Å². The van der Waals surface area contributed by atoms with Gasteiger partial charge in [0, 0.05) is 0 Å². The van der Waals surface area contributed by atoms with Gasteiger partial charge in [-0.2, -0.15) is 0 Å². The average molecular weight is 158 g/mol. The van der Waals surface area contributed by atoms with Gasteiger partial charge in [0.1, 0.15) is 0 Å². The highest BCUT2D eigenvalue weighted by molar-refractivity contribution is 5.43. The highest BCUT2D eigenvalue weighted by Gasteiger charge is 1.88. The van der Waals surface area contributed by atoms with Crippen molar-refractivity contribution in [2.24, 2.45) is 0 Å². The predicted molar refractivity (Wildman–Crippen MR) is 57.0 cm³/mol. The van der Waals surface area contributed by atoms with E-state index in [9.17, 15) is 0 Å². The molecule has 0 heterocycles. The average Bonchev–Trinajstić information content (AvgIpc) is 2.10. The largest absolute Gasteiger partial charge is 0.0991 e. The molecule has 0 aliphatic heterocycles. The molecule has 62 valence electrons. The fourth-order valence-corrected chi connectivity index (χ4v) is 0.582. The van der Waals surface area contributed by atoms with Crippen LogP contribution >= 0.6 is 0 Å². The molecule has 0 spiro atoms. The zero-order valence-electron chi connectivity index (χ0n) is 7.29. The molecule has 0 fully saturated rings. The Hall–Kier alpha value is -1.56. The summed E-state index contributed by atoms with van der Waals surface area (Å²) in [5.41, 5.74) is 1.76. The van der Waals surface area contributed by atoms with Gasteiger partial charge in [-0.25, -0.2) is 0 Å². The van der Waals surface area contributed by atoms with Crippen molar-refractivity contribution < 1.29 is 0 Å². The normalized spacial score (nSPS) is 10.3. The highest BCUT2D eigenvalue weighted by Crippen LogP contribution is 2.07. The maximum atomic E-state index is 3.83. The van der Waals surface area contributed by atoms with Crippen molar-refractivity contribution in [3.63, 3.8) is 0 Å². The van der Waals surface area contributed by atoms with Crippen LogP contribution in [0.15, 0.2) is 73.9 Å². The van der Waals surface area contributed by atoms with E-state index in [4.69, 9.17) is 0 Å². The Labute approximate surface area is 74.6 Å². The third-order valence-corrected chi connectivity index (χ3v) is 1.28. The van der Waals surface area contributed by atoms with E-state index in [1.165, 1.54) is 0 Å². The zero-order chi connectivity index (χ0) is 9.40.